The van der Waals surface area contributed by atoms with Crippen LogP contribution in [-0.2, 0) is 0 Å². The van der Waals surface area contributed by atoms with Crippen LogP contribution in [0, 0.1) is 0 Å². The first kappa shape index (κ1) is 8.13. The highest BCUT2D eigenvalue weighted by Gasteiger charge is 2.12. The Morgan fingerprint density at radius 3 is 2.92 bits per heavy atom. The zero-order valence-corrected chi connectivity index (χ0v) is 8.21. The topological polar surface area (TPSA) is 18.5 Å². The van der Waals surface area contributed by atoms with Crippen LogP contribution in [0.5, 0.6) is 11.5 Å². The number of rotatable bonds is 2. The van der Waals surface area contributed by atoms with Crippen LogP contribution in [-0.4, -0.2) is 13.0 Å². The molecule has 0 saturated heterocycles. The van der Waals surface area contributed by atoms with Gasteiger partial charge in [0.25, 0.3) is 0 Å². The summed E-state index contributed by atoms with van der Waals surface area (Å²) >= 11 is 0. The summed E-state index contributed by atoms with van der Waals surface area (Å²) in [6, 6.07) is 5.99. The van der Waals surface area contributed by atoms with Gasteiger partial charge in [-0.05, 0) is 24.5 Å². The molecule has 1 aliphatic heterocycles. The third-order valence-corrected chi connectivity index (χ3v) is 3.21. The van der Waals surface area contributed by atoms with Crippen LogP contribution in [0.15, 0.2) is 23.1 Å². The first-order chi connectivity index (χ1) is 5.90. The fraction of sp³-hybridized carbons (Fsp3) is 0.250. The lowest BCUT2D eigenvalue weighted by Crippen LogP contribution is -1.92. The maximum absolute atomic E-state index is 5.24. The van der Waals surface area contributed by atoms with Gasteiger partial charge in [0.05, 0.1) is 0 Å². The third kappa shape index (κ3) is 1.49. The van der Waals surface area contributed by atoms with Crippen LogP contribution in [0.1, 0.15) is 0 Å². The van der Waals surface area contributed by atoms with E-state index in [0.717, 1.165) is 11.5 Å². The zero-order valence-electron chi connectivity index (χ0n) is 6.57. The van der Waals surface area contributed by atoms with E-state index in [1.54, 1.807) is 21.6 Å². The Hall–Kier alpha value is -0.480. The monoisotopic (exact) mass is 200 g/mol. The fourth-order valence-electron chi connectivity index (χ4n) is 1.02. The van der Waals surface area contributed by atoms with E-state index in [1.807, 2.05) is 18.2 Å². The summed E-state index contributed by atoms with van der Waals surface area (Å²) in [5, 5.41) is 0. The lowest BCUT2D eigenvalue weighted by molar-refractivity contribution is 0.174. The predicted octanol–water partition coefficient (Wildman–Crippen LogP) is 2.79. The summed E-state index contributed by atoms with van der Waals surface area (Å²) in [5.74, 6) is 1.70. The fourth-order valence-corrected chi connectivity index (χ4v) is 2.38. The average Bonchev–Trinajstić information content (AvgIpc) is 2.51. The normalized spacial score (nSPS) is 13.4. The Kier molecular flexibility index (Phi) is 2.37. The molecule has 1 heterocycles. The molecule has 0 saturated carbocycles. The minimum atomic E-state index is 0.350. The van der Waals surface area contributed by atoms with Gasteiger partial charge in [0.15, 0.2) is 11.5 Å². The van der Waals surface area contributed by atoms with Crippen molar-refractivity contribution in [3.05, 3.63) is 18.2 Å². The van der Waals surface area contributed by atoms with Crippen molar-refractivity contribution in [2.45, 2.75) is 4.90 Å². The average molecular weight is 200 g/mol. The van der Waals surface area contributed by atoms with E-state index in [-0.39, 0.29) is 0 Å². The first-order valence-electron chi connectivity index (χ1n) is 3.50. The summed E-state index contributed by atoms with van der Waals surface area (Å²) < 4.78 is 10.4. The zero-order chi connectivity index (χ0) is 8.39. The van der Waals surface area contributed by atoms with E-state index >= 15 is 0 Å². The van der Waals surface area contributed by atoms with Gasteiger partial charge in [-0.3, -0.25) is 0 Å². The van der Waals surface area contributed by atoms with Crippen molar-refractivity contribution in [1.29, 1.82) is 0 Å². The summed E-state index contributed by atoms with van der Waals surface area (Å²) in [4.78, 5) is 1.20. The van der Waals surface area contributed by atoms with Crippen molar-refractivity contribution in [3.8, 4) is 11.5 Å². The predicted molar refractivity (Wildman–Crippen MR) is 51.9 cm³/mol. The number of benzene rings is 1. The molecule has 1 aromatic rings. The van der Waals surface area contributed by atoms with Crippen molar-refractivity contribution in [2.75, 3.05) is 13.0 Å². The lowest BCUT2D eigenvalue weighted by Gasteiger charge is -1.98. The van der Waals surface area contributed by atoms with Gasteiger partial charge in [0, 0.05) is 4.90 Å². The highest BCUT2D eigenvalue weighted by atomic mass is 33.1. The number of fused-ring (bicyclic) bond motifs is 1. The molecule has 0 atom stereocenters. The largest absolute Gasteiger partial charge is 0.454 e. The van der Waals surface area contributed by atoms with E-state index < -0.39 is 0 Å². The maximum atomic E-state index is 5.24. The van der Waals surface area contributed by atoms with E-state index in [1.165, 1.54) is 4.90 Å². The van der Waals surface area contributed by atoms with E-state index in [2.05, 4.69) is 6.26 Å². The molecule has 0 unspecified atom stereocenters. The quantitative estimate of drug-likeness (QED) is 0.683. The summed E-state index contributed by atoms with van der Waals surface area (Å²) in [6.45, 7) is 0.350. The molecule has 0 aromatic heterocycles. The van der Waals surface area contributed by atoms with Crippen molar-refractivity contribution in [3.63, 3.8) is 0 Å². The highest BCUT2D eigenvalue weighted by Crippen LogP contribution is 2.38. The highest BCUT2D eigenvalue weighted by molar-refractivity contribution is 8.76. The van der Waals surface area contributed by atoms with E-state index in [4.69, 9.17) is 9.47 Å². The van der Waals surface area contributed by atoms with Gasteiger partial charge >= 0.3 is 0 Å². The van der Waals surface area contributed by atoms with Crippen molar-refractivity contribution < 1.29 is 9.47 Å². The van der Waals surface area contributed by atoms with Crippen molar-refractivity contribution in [2.24, 2.45) is 0 Å². The van der Waals surface area contributed by atoms with Gasteiger partial charge in [-0.25, -0.2) is 0 Å². The van der Waals surface area contributed by atoms with Crippen LogP contribution in [0.25, 0.3) is 0 Å². The molecular weight excluding hydrogens is 192 g/mol. The second-order valence-corrected chi connectivity index (χ2v) is 4.74. The molecule has 1 aromatic carbocycles. The van der Waals surface area contributed by atoms with Crippen molar-refractivity contribution >= 4 is 21.6 Å². The van der Waals surface area contributed by atoms with Crippen LogP contribution < -0.4 is 9.47 Å². The summed E-state index contributed by atoms with van der Waals surface area (Å²) in [5.41, 5.74) is 0. The third-order valence-electron chi connectivity index (χ3n) is 1.52. The summed E-state index contributed by atoms with van der Waals surface area (Å²) in [6.07, 6.45) is 2.05. The minimum absolute atomic E-state index is 0.350. The van der Waals surface area contributed by atoms with E-state index in [9.17, 15) is 0 Å². The minimum Gasteiger partial charge on any atom is -0.454 e. The van der Waals surface area contributed by atoms with Crippen LogP contribution in [0.4, 0.5) is 0 Å². The second-order valence-electron chi connectivity index (χ2n) is 2.27. The number of hydrogen-bond acceptors (Lipinski definition) is 4. The SMILES string of the molecule is CSSc1ccc2c(c1)OCO2. The van der Waals surface area contributed by atoms with Crippen LogP contribution in [0.2, 0.25) is 0 Å². The number of hydrogen-bond donors (Lipinski definition) is 0. The molecule has 0 aliphatic carbocycles. The molecule has 0 fully saturated rings. The molecule has 2 rings (SSSR count). The standard InChI is InChI=1S/C8H8O2S2/c1-11-12-6-2-3-7-8(4-6)10-5-9-7/h2-4H,5H2,1H3. The maximum Gasteiger partial charge on any atom is 0.231 e. The van der Waals surface area contributed by atoms with Gasteiger partial charge in [-0.1, -0.05) is 21.6 Å². The van der Waals surface area contributed by atoms with Gasteiger partial charge in [0.1, 0.15) is 0 Å². The van der Waals surface area contributed by atoms with Gasteiger partial charge in [0.2, 0.25) is 6.79 Å². The van der Waals surface area contributed by atoms with E-state index in [0.29, 0.717) is 6.79 Å². The van der Waals surface area contributed by atoms with Gasteiger partial charge < -0.3 is 9.47 Å². The Morgan fingerprint density at radius 2 is 2.08 bits per heavy atom. The lowest BCUT2D eigenvalue weighted by atomic mass is 10.3. The Morgan fingerprint density at radius 1 is 1.25 bits per heavy atom. The first-order valence-corrected chi connectivity index (χ1v) is 6.06. The Balaban J connectivity index is 2.26. The number of ether oxygens (including phenoxy) is 2. The Labute approximate surface area is 79.0 Å². The molecule has 4 heteroatoms. The van der Waals surface area contributed by atoms with Crippen LogP contribution >= 0.6 is 21.6 Å². The smallest absolute Gasteiger partial charge is 0.231 e. The molecule has 64 valence electrons. The summed E-state index contributed by atoms with van der Waals surface area (Å²) in [7, 11) is 3.44. The van der Waals surface area contributed by atoms with Crippen LogP contribution in [0.3, 0.4) is 0 Å². The molecule has 0 amide bonds. The van der Waals surface area contributed by atoms with Crippen molar-refractivity contribution in [1.82, 2.24) is 0 Å². The molecule has 0 radical (unpaired) electrons. The molecule has 2 nitrogen and oxygen atoms in total. The molecule has 0 bridgehead atoms. The molecule has 0 N–H and O–H groups in total. The van der Waals surface area contributed by atoms with Gasteiger partial charge in [-0.15, -0.1) is 0 Å². The Bertz CT molecular complexity index is 288. The molecule has 12 heavy (non-hydrogen) atoms. The second kappa shape index (κ2) is 3.49. The molecule has 0 spiro atoms. The molecular formula is C8H8O2S2. The molecule has 1 aliphatic rings. The van der Waals surface area contributed by atoms with Gasteiger partial charge in [-0.2, -0.15) is 0 Å².